The summed E-state index contributed by atoms with van der Waals surface area (Å²) in [5.41, 5.74) is -0.0334. The van der Waals surface area contributed by atoms with E-state index < -0.39 is 0 Å². The predicted octanol–water partition coefficient (Wildman–Crippen LogP) is 3.44. The van der Waals surface area contributed by atoms with E-state index >= 15 is 0 Å². The van der Waals surface area contributed by atoms with E-state index in [9.17, 15) is 4.79 Å². The average Bonchev–Trinajstić information content (AvgIpc) is 2.49. The summed E-state index contributed by atoms with van der Waals surface area (Å²) in [5, 5.41) is 9.44. The Bertz CT molecular complexity index is 689. The highest BCUT2D eigenvalue weighted by Gasteiger charge is 2.11. The first-order valence-electron chi connectivity index (χ1n) is 8.67. The van der Waals surface area contributed by atoms with Crippen molar-refractivity contribution in [3.05, 3.63) is 34.6 Å². The second-order valence-electron chi connectivity index (χ2n) is 7.05. The molecule has 5 heteroatoms. The molecule has 0 amide bonds. The number of likely N-dealkylation sites (N-methyl/N-ethyl adjacent to an activating group) is 1. The van der Waals surface area contributed by atoms with Crippen LogP contribution in [-0.4, -0.2) is 41.4 Å². The van der Waals surface area contributed by atoms with Crippen molar-refractivity contribution in [2.45, 2.75) is 47.2 Å². The van der Waals surface area contributed by atoms with Crippen LogP contribution in [0.2, 0.25) is 0 Å². The van der Waals surface area contributed by atoms with Crippen LogP contribution in [0.15, 0.2) is 29.1 Å². The van der Waals surface area contributed by atoms with Crippen LogP contribution < -0.4 is 10.9 Å². The van der Waals surface area contributed by atoms with E-state index in [1.165, 1.54) is 4.68 Å². The molecule has 2 rings (SSSR count). The van der Waals surface area contributed by atoms with E-state index in [2.05, 4.69) is 43.0 Å². The predicted molar refractivity (Wildman–Crippen MR) is 104 cm³/mol. The lowest BCUT2D eigenvalue weighted by Crippen LogP contribution is -2.31. The number of anilines is 1. The maximum atomic E-state index is 12.2. The van der Waals surface area contributed by atoms with Crippen molar-refractivity contribution in [1.82, 2.24) is 14.7 Å². The van der Waals surface area contributed by atoms with Gasteiger partial charge in [0.1, 0.15) is 0 Å². The first kappa shape index (κ1) is 20.2. The molecular formula is C19H32N4O. The fraction of sp³-hybridized carbons (Fsp3) is 0.579. The van der Waals surface area contributed by atoms with Gasteiger partial charge in [-0.05, 0) is 39.9 Å². The van der Waals surface area contributed by atoms with E-state index in [1.807, 2.05) is 45.3 Å². The molecule has 0 bridgehead atoms. The van der Waals surface area contributed by atoms with Crippen molar-refractivity contribution >= 4 is 16.6 Å². The first-order valence-corrected chi connectivity index (χ1v) is 8.67. The van der Waals surface area contributed by atoms with Crippen molar-refractivity contribution < 1.29 is 0 Å². The molecule has 0 aliphatic rings. The summed E-state index contributed by atoms with van der Waals surface area (Å²) in [6, 6.07) is 7.86. The third kappa shape index (κ3) is 5.96. The zero-order valence-electron chi connectivity index (χ0n) is 16.1. The van der Waals surface area contributed by atoms with Gasteiger partial charge in [0, 0.05) is 24.5 Å². The summed E-state index contributed by atoms with van der Waals surface area (Å²) >= 11 is 0. The molecule has 2 aromatic rings. The molecule has 0 aliphatic heterocycles. The molecule has 0 spiro atoms. The Morgan fingerprint density at radius 3 is 2.17 bits per heavy atom. The molecule has 134 valence electrons. The lowest BCUT2D eigenvalue weighted by atomic mass is 10.2. The molecule has 0 unspecified atom stereocenters. The molecule has 0 saturated carbocycles. The van der Waals surface area contributed by atoms with Crippen LogP contribution in [-0.2, 0) is 6.54 Å². The second kappa shape index (κ2) is 9.42. The van der Waals surface area contributed by atoms with E-state index in [0.717, 1.165) is 23.7 Å². The molecular weight excluding hydrogens is 300 g/mol. The Kier molecular flexibility index (Phi) is 7.92. The number of nitrogens with one attached hydrogen (secondary N) is 1. The van der Waals surface area contributed by atoms with Crippen molar-refractivity contribution in [3.8, 4) is 0 Å². The van der Waals surface area contributed by atoms with Crippen molar-refractivity contribution in [2.24, 2.45) is 5.92 Å². The zero-order chi connectivity index (χ0) is 18.3. The molecule has 24 heavy (non-hydrogen) atoms. The lowest BCUT2D eigenvalue weighted by Gasteiger charge is -2.20. The standard InChI is InChI=1S/C15H22N4O.C4H10/c1-5-19-15(20)13-9-7-6-8-12(13)14(17-19)16-11(2)10-18(3)4;1-4(2)3/h6-9,11H,5,10H2,1-4H3,(H,16,17);4H,1-3H3/t11-;/m0./s1. The third-order valence-electron chi connectivity index (χ3n) is 3.19. The lowest BCUT2D eigenvalue weighted by molar-refractivity contribution is 0.391. The zero-order valence-corrected chi connectivity index (χ0v) is 16.1. The number of rotatable bonds is 5. The number of aryl methyl sites for hydroxylation is 1. The Morgan fingerprint density at radius 2 is 1.67 bits per heavy atom. The highest BCUT2D eigenvalue weighted by atomic mass is 16.1. The van der Waals surface area contributed by atoms with Crippen LogP contribution in [0.4, 0.5) is 5.82 Å². The fourth-order valence-corrected chi connectivity index (χ4v) is 2.38. The van der Waals surface area contributed by atoms with E-state index in [-0.39, 0.29) is 11.6 Å². The van der Waals surface area contributed by atoms with Gasteiger partial charge in [0.05, 0.1) is 5.39 Å². The van der Waals surface area contributed by atoms with Gasteiger partial charge < -0.3 is 10.2 Å². The largest absolute Gasteiger partial charge is 0.364 e. The summed E-state index contributed by atoms with van der Waals surface area (Å²) < 4.78 is 1.51. The van der Waals surface area contributed by atoms with Gasteiger partial charge in [-0.1, -0.05) is 39.0 Å². The van der Waals surface area contributed by atoms with Crippen molar-refractivity contribution in [2.75, 3.05) is 26.0 Å². The summed E-state index contributed by atoms with van der Waals surface area (Å²) in [7, 11) is 4.08. The minimum Gasteiger partial charge on any atom is -0.364 e. The van der Waals surface area contributed by atoms with E-state index in [4.69, 9.17) is 0 Å². The number of fused-ring (bicyclic) bond motifs is 1. The van der Waals surface area contributed by atoms with E-state index in [1.54, 1.807) is 0 Å². The number of nitrogens with zero attached hydrogens (tertiary/aromatic N) is 3. The second-order valence-corrected chi connectivity index (χ2v) is 7.05. The van der Waals surface area contributed by atoms with Gasteiger partial charge in [-0.15, -0.1) is 0 Å². The monoisotopic (exact) mass is 332 g/mol. The highest BCUT2D eigenvalue weighted by molar-refractivity contribution is 5.90. The topological polar surface area (TPSA) is 50.2 Å². The maximum Gasteiger partial charge on any atom is 0.274 e. The minimum absolute atomic E-state index is 0.0334. The molecule has 1 N–H and O–H groups in total. The summed E-state index contributed by atoms with van der Waals surface area (Å²) in [5.74, 6) is 1.61. The molecule has 5 nitrogen and oxygen atoms in total. The van der Waals surface area contributed by atoms with Crippen LogP contribution >= 0.6 is 0 Å². The number of benzene rings is 1. The number of aromatic nitrogens is 2. The number of hydrogen-bond acceptors (Lipinski definition) is 4. The van der Waals surface area contributed by atoms with Gasteiger partial charge in [-0.2, -0.15) is 5.10 Å². The molecule has 1 heterocycles. The van der Waals surface area contributed by atoms with Crippen molar-refractivity contribution in [1.29, 1.82) is 0 Å². The molecule has 0 fully saturated rings. The quantitative estimate of drug-likeness (QED) is 0.911. The Balaban J connectivity index is 0.000000648. The van der Waals surface area contributed by atoms with Crippen LogP contribution in [0.25, 0.3) is 10.8 Å². The van der Waals surface area contributed by atoms with Gasteiger partial charge in [0.2, 0.25) is 0 Å². The minimum atomic E-state index is -0.0334. The highest BCUT2D eigenvalue weighted by Crippen LogP contribution is 2.18. The first-order chi connectivity index (χ1) is 11.3. The normalized spacial score (nSPS) is 12.2. The van der Waals surface area contributed by atoms with Gasteiger partial charge in [0.25, 0.3) is 5.56 Å². The Morgan fingerprint density at radius 1 is 1.12 bits per heavy atom. The summed E-state index contributed by atoms with van der Waals surface area (Å²) in [6.45, 7) is 12.0. The Hall–Kier alpha value is -1.88. The molecule has 1 atom stereocenters. The molecule has 1 aromatic heterocycles. The molecule has 0 saturated heterocycles. The SMILES string of the molecule is CC(C)C.CCn1nc(N[C@@H](C)CN(C)C)c2ccccc2c1=O. The van der Waals surface area contributed by atoms with Crippen LogP contribution in [0.1, 0.15) is 34.6 Å². The van der Waals surface area contributed by atoms with Crippen LogP contribution in [0.5, 0.6) is 0 Å². The fourth-order valence-electron chi connectivity index (χ4n) is 2.38. The molecule has 0 aliphatic carbocycles. The van der Waals surface area contributed by atoms with Crippen LogP contribution in [0.3, 0.4) is 0 Å². The van der Waals surface area contributed by atoms with E-state index in [0.29, 0.717) is 11.9 Å². The average molecular weight is 332 g/mol. The van der Waals surface area contributed by atoms with Gasteiger partial charge in [-0.25, -0.2) is 4.68 Å². The Labute approximate surface area is 145 Å². The summed E-state index contributed by atoms with van der Waals surface area (Å²) in [4.78, 5) is 14.4. The molecule has 0 radical (unpaired) electrons. The number of hydrogen-bond donors (Lipinski definition) is 1. The smallest absolute Gasteiger partial charge is 0.274 e. The molecule has 1 aromatic carbocycles. The third-order valence-corrected chi connectivity index (χ3v) is 3.19. The van der Waals surface area contributed by atoms with Gasteiger partial charge in [0.15, 0.2) is 5.82 Å². The maximum absolute atomic E-state index is 12.2. The van der Waals surface area contributed by atoms with Gasteiger partial charge in [-0.3, -0.25) is 4.79 Å². The van der Waals surface area contributed by atoms with Crippen LogP contribution in [0, 0.1) is 5.92 Å². The summed E-state index contributed by atoms with van der Waals surface area (Å²) in [6.07, 6.45) is 0. The van der Waals surface area contributed by atoms with Crippen molar-refractivity contribution in [3.63, 3.8) is 0 Å². The van der Waals surface area contributed by atoms with Gasteiger partial charge >= 0.3 is 0 Å².